The van der Waals surface area contributed by atoms with Gasteiger partial charge in [0.05, 0.1) is 11.4 Å². The predicted molar refractivity (Wildman–Crippen MR) is 218 cm³/mol. The van der Waals surface area contributed by atoms with Gasteiger partial charge < -0.3 is 4.74 Å². The van der Waals surface area contributed by atoms with E-state index in [0.29, 0.717) is 5.82 Å². The summed E-state index contributed by atoms with van der Waals surface area (Å²) in [5.41, 5.74) is 14.1. The van der Waals surface area contributed by atoms with E-state index in [-0.39, 0.29) is 0 Å². The monoisotopic (exact) mass is 676 g/mol. The van der Waals surface area contributed by atoms with Crippen LogP contribution < -0.4 is 4.74 Å². The minimum absolute atomic E-state index is 0.692. The van der Waals surface area contributed by atoms with Crippen molar-refractivity contribution in [2.75, 3.05) is 0 Å². The van der Waals surface area contributed by atoms with Gasteiger partial charge in [-0.05, 0) is 68.6 Å². The van der Waals surface area contributed by atoms with Crippen LogP contribution in [0.3, 0.4) is 0 Å². The Hall–Kier alpha value is -7.10. The summed E-state index contributed by atoms with van der Waals surface area (Å²) >= 11 is 0. The highest BCUT2D eigenvalue weighted by Gasteiger charge is 2.20. The molecule has 0 spiro atoms. The lowest BCUT2D eigenvalue weighted by Gasteiger charge is -2.22. The zero-order valence-electron chi connectivity index (χ0n) is 28.8. The fourth-order valence-electron chi connectivity index (χ4n) is 7.36. The van der Waals surface area contributed by atoms with Crippen molar-refractivity contribution < 1.29 is 4.74 Å². The first-order chi connectivity index (χ1) is 26.2. The normalized spacial score (nSPS) is 11.5. The largest absolute Gasteiger partial charge is 0.456 e. The molecule has 8 aromatic carbocycles. The lowest BCUT2D eigenvalue weighted by Crippen LogP contribution is -1.97. The molecule has 0 amide bonds. The number of rotatable bonds is 6. The number of nitrogens with zero attached hydrogens (tertiary/aromatic N) is 2. The van der Waals surface area contributed by atoms with E-state index in [0.717, 1.165) is 67.2 Å². The van der Waals surface area contributed by atoms with Gasteiger partial charge in [-0.2, -0.15) is 0 Å². The van der Waals surface area contributed by atoms with Crippen LogP contribution in [-0.2, 0) is 0 Å². The van der Waals surface area contributed by atoms with Crippen LogP contribution in [0.5, 0.6) is 11.5 Å². The summed E-state index contributed by atoms with van der Waals surface area (Å²) in [7, 11) is 0. The maximum absolute atomic E-state index is 6.36. The van der Waals surface area contributed by atoms with Crippen molar-refractivity contribution in [2.24, 2.45) is 0 Å². The van der Waals surface area contributed by atoms with Gasteiger partial charge >= 0.3 is 0 Å². The quantitative estimate of drug-likeness (QED) is 0.176. The molecule has 1 aliphatic heterocycles. The molecule has 0 saturated heterocycles. The average Bonchev–Trinajstić information content (AvgIpc) is 3.24. The highest BCUT2D eigenvalue weighted by Crippen LogP contribution is 2.47. The van der Waals surface area contributed by atoms with Crippen LogP contribution in [0.4, 0.5) is 0 Å². The van der Waals surface area contributed by atoms with Crippen LogP contribution in [0.15, 0.2) is 194 Å². The molecule has 0 bridgehead atoms. The zero-order chi connectivity index (χ0) is 35.1. The molecule has 3 nitrogen and oxygen atoms in total. The Bertz CT molecular complexity index is 2650. The molecule has 1 aromatic heterocycles. The molecule has 248 valence electrons. The second kappa shape index (κ2) is 12.9. The molecule has 0 fully saturated rings. The number of hydrogen-bond donors (Lipinski definition) is 0. The van der Waals surface area contributed by atoms with Gasteiger partial charge in [0.1, 0.15) is 11.5 Å². The highest BCUT2D eigenvalue weighted by atomic mass is 16.5. The highest BCUT2D eigenvalue weighted by molar-refractivity contribution is 6.04. The summed E-state index contributed by atoms with van der Waals surface area (Å²) in [4.78, 5) is 10.3. The first kappa shape index (κ1) is 30.7. The van der Waals surface area contributed by atoms with Crippen molar-refractivity contribution in [3.63, 3.8) is 0 Å². The fraction of sp³-hybridized carbons (Fsp3) is 0. The summed E-state index contributed by atoms with van der Waals surface area (Å²) in [6.45, 7) is 0. The van der Waals surface area contributed by atoms with E-state index in [1.165, 1.54) is 27.6 Å². The molecule has 9 aromatic rings. The molecule has 53 heavy (non-hydrogen) atoms. The fourth-order valence-corrected chi connectivity index (χ4v) is 7.36. The van der Waals surface area contributed by atoms with Crippen LogP contribution in [0.2, 0.25) is 0 Å². The number of ether oxygens (including phenoxy) is 1. The van der Waals surface area contributed by atoms with E-state index in [9.17, 15) is 0 Å². The van der Waals surface area contributed by atoms with Crippen molar-refractivity contribution in [3.8, 4) is 89.9 Å². The molecule has 0 aliphatic carbocycles. The Labute approximate surface area is 308 Å². The van der Waals surface area contributed by atoms with Crippen LogP contribution in [0.1, 0.15) is 0 Å². The third-order valence-corrected chi connectivity index (χ3v) is 10.1. The van der Waals surface area contributed by atoms with Gasteiger partial charge in [-0.1, -0.05) is 170 Å². The van der Waals surface area contributed by atoms with Crippen LogP contribution in [-0.4, -0.2) is 9.97 Å². The van der Waals surface area contributed by atoms with Crippen LogP contribution in [0, 0.1) is 0 Å². The minimum atomic E-state index is 0.692. The summed E-state index contributed by atoms with van der Waals surface area (Å²) in [6.07, 6.45) is 0. The smallest absolute Gasteiger partial charge is 0.160 e. The van der Waals surface area contributed by atoms with E-state index >= 15 is 0 Å². The molecule has 10 rings (SSSR count). The molecule has 0 atom stereocenters. The Morgan fingerprint density at radius 1 is 0.302 bits per heavy atom. The molecule has 0 saturated carbocycles. The zero-order valence-corrected chi connectivity index (χ0v) is 28.8. The van der Waals surface area contributed by atoms with Gasteiger partial charge in [0.15, 0.2) is 5.82 Å². The third-order valence-electron chi connectivity index (χ3n) is 10.1. The second-order valence-corrected chi connectivity index (χ2v) is 13.4. The number of hydrogen-bond acceptors (Lipinski definition) is 3. The third kappa shape index (κ3) is 5.75. The van der Waals surface area contributed by atoms with Crippen molar-refractivity contribution in [1.29, 1.82) is 0 Å². The van der Waals surface area contributed by atoms with Gasteiger partial charge in [0, 0.05) is 27.6 Å². The predicted octanol–water partition coefficient (Wildman–Crippen LogP) is 13.4. The van der Waals surface area contributed by atoms with Crippen molar-refractivity contribution >= 4 is 10.8 Å². The van der Waals surface area contributed by atoms with E-state index in [1.54, 1.807) is 0 Å². The van der Waals surface area contributed by atoms with Gasteiger partial charge in [0.25, 0.3) is 0 Å². The van der Waals surface area contributed by atoms with Gasteiger partial charge in [-0.25, -0.2) is 9.97 Å². The first-order valence-electron chi connectivity index (χ1n) is 17.9. The Morgan fingerprint density at radius 2 is 0.774 bits per heavy atom. The van der Waals surface area contributed by atoms with E-state index in [2.05, 4.69) is 176 Å². The van der Waals surface area contributed by atoms with E-state index in [1.807, 2.05) is 18.2 Å². The average molecular weight is 677 g/mol. The number of fused-ring (bicyclic) bond motifs is 2. The maximum Gasteiger partial charge on any atom is 0.160 e. The van der Waals surface area contributed by atoms with Gasteiger partial charge in [-0.3, -0.25) is 0 Å². The molecule has 0 unspecified atom stereocenters. The van der Waals surface area contributed by atoms with Gasteiger partial charge in [0.2, 0.25) is 0 Å². The van der Waals surface area contributed by atoms with Crippen LogP contribution >= 0.6 is 0 Å². The Kier molecular flexibility index (Phi) is 7.47. The molecule has 0 radical (unpaired) electrons. The van der Waals surface area contributed by atoms with Crippen molar-refractivity contribution in [3.05, 3.63) is 194 Å². The lowest BCUT2D eigenvalue weighted by atomic mass is 9.92. The maximum atomic E-state index is 6.36. The van der Waals surface area contributed by atoms with Crippen molar-refractivity contribution in [1.82, 2.24) is 9.97 Å². The Balaban J connectivity index is 1.02. The minimum Gasteiger partial charge on any atom is -0.456 e. The topological polar surface area (TPSA) is 35.0 Å². The van der Waals surface area contributed by atoms with Crippen LogP contribution in [0.25, 0.3) is 89.2 Å². The SMILES string of the molecule is c1ccc(-c2ccc(-c3cc(-c4ccc(-c5ccc6c(c5)-c5cccc7cccc(c57)O6)cc4)nc(-c4ccc(-c5ccccc5)cc4)n3)cc2)cc1. The molecule has 1 aliphatic rings. The Morgan fingerprint density at radius 3 is 1.36 bits per heavy atom. The summed E-state index contributed by atoms with van der Waals surface area (Å²) < 4.78 is 6.36. The summed E-state index contributed by atoms with van der Waals surface area (Å²) in [5, 5.41) is 2.35. The van der Waals surface area contributed by atoms with E-state index < -0.39 is 0 Å². The molecular weight excluding hydrogens is 645 g/mol. The molecular formula is C50H32N2O. The lowest BCUT2D eigenvalue weighted by molar-refractivity contribution is 0.487. The molecule has 3 heteroatoms. The van der Waals surface area contributed by atoms with Crippen molar-refractivity contribution in [2.45, 2.75) is 0 Å². The summed E-state index contributed by atoms with van der Waals surface area (Å²) in [6, 6.07) is 68.0. The molecule has 2 heterocycles. The number of benzene rings is 8. The molecule has 0 N–H and O–H groups in total. The second-order valence-electron chi connectivity index (χ2n) is 13.4. The van der Waals surface area contributed by atoms with Gasteiger partial charge in [-0.15, -0.1) is 0 Å². The van der Waals surface area contributed by atoms with E-state index in [4.69, 9.17) is 14.7 Å². The standard InChI is InChI=1S/C50H32N2O/c1-3-9-33(10-4-1)35-17-23-38(24-18-35)45-32-46(52-50(51-45)41-27-21-36(22-28-41)34-11-5-2-6-12-34)39-25-19-37(20-26-39)42-29-30-47-44(31-42)43-15-7-13-40-14-8-16-48(53-47)49(40)43/h1-32H. The summed E-state index contributed by atoms with van der Waals surface area (Å²) in [5.74, 6) is 2.48. The first-order valence-corrected chi connectivity index (χ1v) is 17.9. The number of aromatic nitrogens is 2.